The van der Waals surface area contributed by atoms with Gasteiger partial charge in [0.2, 0.25) is 0 Å². The van der Waals surface area contributed by atoms with E-state index >= 15 is 0 Å². The zero-order valence-corrected chi connectivity index (χ0v) is 9.05. The van der Waals surface area contributed by atoms with Crippen molar-refractivity contribution in [3.05, 3.63) is 0 Å². The summed E-state index contributed by atoms with van der Waals surface area (Å²) in [7, 11) is -4.35. The van der Waals surface area contributed by atoms with E-state index < -0.39 is 15.5 Å². The molecular weight excluding hydrogens is 230 g/mol. The Balaban J connectivity index is 4.33. The van der Waals surface area contributed by atoms with E-state index in [0.717, 1.165) is 6.92 Å². The van der Waals surface area contributed by atoms with Crippen molar-refractivity contribution in [2.24, 2.45) is 0 Å². The molecule has 15 heavy (non-hydrogen) atoms. The van der Waals surface area contributed by atoms with Crippen molar-refractivity contribution in [2.75, 3.05) is 26.4 Å². The number of nitrogens with zero attached hydrogens (tertiary/aromatic N) is 1. The number of aliphatic hydroxyl groups excluding tert-OH is 2. The minimum Gasteiger partial charge on any atom is -0.394 e. The lowest BCUT2D eigenvalue weighted by molar-refractivity contribution is -0.377. The highest BCUT2D eigenvalue weighted by Gasteiger charge is 2.27. The first-order valence-electron chi connectivity index (χ1n) is 4.16. The first-order chi connectivity index (χ1) is 6.93. The molecule has 92 valence electrons. The lowest BCUT2D eigenvalue weighted by atomic mass is 10.7. The summed E-state index contributed by atoms with van der Waals surface area (Å²) >= 11 is 0. The normalized spacial score (nSPS) is 14.5. The Morgan fingerprint density at radius 1 is 1.20 bits per heavy atom. The van der Waals surface area contributed by atoms with Gasteiger partial charge >= 0.3 is 0 Å². The predicted octanol–water partition coefficient (Wildman–Crippen LogP) is -1.63. The Labute approximate surface area is 87.7 Å². The van der Waals surface area contributed by atoms with Gasteiger partial charge in [-0.1, -0.05) is 0 Å². The number of hydrogen-bond acceptors (Lipinski definition) is 7. The predicted molar refractivity (Wildman–Crippen MR) is 48.9 cm³/mol. The smallest absolute Gasteiger partial charge is 0.285 e. The summed E-state index contributed by atoms with van der Waals surface area (Å²) < 4.78 is 30.2. The Morgan fingerprint density at radius 2 is 1.60 bits per heavy atom. The average Bonchev–Trinajstić information content (AvgIpc) is 2.16. The van der Waals surface area contributed by atoms with Gasteiger partial charge in [-0.15, -0.1) is 0 Å². The molecule has 0 aliphatic carbocycles. The quantitative estimate of drug-likeness (QED) is 0.345. The minimum absolute atomic E-state index is 0.189. The zero-order chi connectivity index (χ0) is 11.9. The highest BCUT2D eigenvalue weighted by Crippen LogP contribution is 2.07. The summed E-state index contributed by atoms with van der Waals surface area (Å²) in [5, 5.41) is 16.0. The summed E-state index contributed by atoms with van der Waals surface area (Å²) in [5.74, 6) is 0. The zero-order valence-electron chi connectivity index (χ0n) is 8.24. The van der Waals surface area contributed by atoms with Gasteiger partial charge in [0.15, 0.2) is 5.37 Å². The van der Waals surface area contributed by atoms with Crippen molar-refractivity contribution < 1.29 is 32.9 Å². The van der Waals surface area contributed by atoms with E-state index in [9.17, 15) is 8.42 Å². The molecule has 0 rings (SSSR count). The van der Waals surface area contributed by atoms with Crippen LogP contribution >= 0.6 is 0 Å². The molecule has 0 saturated heterocycles. The van der Waals surface area contributed by atoms with Crippen LogP contribution in [0.15, 0.2) is 0 Å². The van der Waals surface area contributed by atoms with E-state index in [1.807, 2.05) is 0 Å². The van der Waals surface area contributed by atoms with Crippen molar-refractivity contribution in [3.63, 3.8) is 0 Å². The highest BCUT2D eigenvalue weighted by atomic mass is 32.2. The second-order valence-corrected chi connectivity index (χ2v) is 4.23. The molecule has 0 amide bonds. The second kappa shape index (κ2) is 7.06. The summed E-state index contributed by atoms with van der Waals surface area (Å²) in [4.78, 5) is 9.38. The first kappa shape index (κ1) is 14.7. The van der Waals surface area contributed by atoms with Crippen LogP contribution in [0.25, 0.3) is 0 Å². The maximum atomic E-state index is 10.7. The van der Waals surface area contributed by atoms with Gasteiger partial charge in [-0.05, 0) is 12.2 Å². The van der Waals surface area contributed by atoms with Gasteiger partial charge < -0.3 is 10.2 Å². The molecule has 0 aromatic carbocycles. The molecule has 0 spiro atoms. The molecule has 8 nitrogen and oxygen atoms in total. The topological polar surface area (TPSA) is 117 Å². The lowest BCUT2D eigenvalue weighted by Crippen LogP contribution is -2.40. The van der Waals surface area contributed by atoms with Gasteiger partial charge in [-0.25, -0.2) is 0 Å². The third-order valence-corrected chi connectivity index (χ3v) is 2.38. The maximum absolute atomic E-state index is 10.7. The molecule has 0 radical (unpaired) electrons. The van der Waals surface area contributed by atoms with Crippen LogP contribution in [0, 0.1) is 0 Å². The molecule has 0 fully saturated rings. The van der Waals surface area contributed by atoms with Crippen molar-refractivity contribution in [1.29, 1.82) is 0 Å². The Hall–Kier alpha value is -0.290. The minimum atomic E-state index is -4.35. The molecule has 0 aromatic rings. The fraction of sp³-hybridized carbons (Fsp3) is 1.00. The molecule has 9 heteroatoms. The van der Waals surface area contributed by atoms with Crippen LogP contribution in [-0.2, 0) is 19.8 Å². The van der Waals surface area contributed by atoms with Crippen LogP contribution < -0.4 is 0 Å². The lowest BCUT2D eigenvalue weighted by Gasteiger charge is -2.24. The van der Waals surface area contributed by atoms with E-state index in [1.165, 1.54) is 0 Å². The number of hydrogen-bond donors (Lipinski definition) is 3. The van der Waals surface area contributed by atoms with Gasteiger partial charge in [0.05, 0.1) is 26.4 Å². The summed E-state index contributed by atoms with van der Waals surface area (Å²) in [6, 6.07) is 0. The molecule has 0 aliphatic rings. The molecule has 0 saturated carbocycles. The van der Waals surface area contributed by atoms with E-state index in [0.29, 0.717) is 5.23 Å². The number of hydroxylamine groups is 2. The fourth-order valence-corrected chi connectivity index (χ4v) is 0.957. The molecule has 1 atom stereocenters. The Kier molecular flexibility index (Phi) is 6.92. The summed E-state index contributed by atoms with van der Waals surface area (Å²) in [5.41, 5.74) is 0. The Morgan fingerprint density at radius 3 is 1.87 bits per heavy atom. The Bertz CT molecular complexity index is 246. The van der Waals surface area contributed by atoms with Crippen LogP contribution in [0.4, 0.5) is 0 Å². The first-order valence-corrected chi connectivity index (χ1v) is 5.67. The van der Waals surface area contributed by atoms with Gasteiger partial charge in [0.1, 0.15) is 0 Å². The SMILES string of the molecule is CC(N(OCCO)OCCO)S(=O)(=O)O. The van der Waals surface area contributed by atoms with Crippen LogP contribution in [0.2, 0.25) is 0 Å². The number of rotatable bonds is 8. The van der Waals surface area contributed by atoms with Crippen LogP contribution in [0.1, 0.15) is 6.92 Å². The van der Waals surface area contributed by atoms with Crippen LogP contribution in [-0.4, -0.2) is 60.2 Å². The standard InChI is InChI=1S/C6H15NO7S/c1-6(15(10,11)12)7(13-4-2-8)14-5-3-9/h6,8-9H,2-5H2,1H3,(H,10,11,12). The number of aliphatic hydroxyl groups is 2. The van der Waals surface area contributed by atoms with Crippen molar-refractivity contribution in [1.82, 2.24) is 5.23 Å². The third-order valence-electron chi connectivity index (χ3n) is 1.35. The maximum Gasteiger partial charge on any atom is 0.285 e. The molecular formula is C6H15NO7S. The fourth-order valence-electron chi connectivity index (χ4n) is 0.618. The van der Waals surface area contributed by atoms with Crippen LogP contribution in [0.5, 0.6) is 0 Å². The molecule has 1 unspecified atom stereocenters. The van der Waals surface area contributed by atoms with E-state index in [4.69, 9.17) is 24.4 Å². The largest absolute Gasteiger partial charge is 0.394 e. The van der Waals surface area contributed by atoms with Gasteiger partial charge in [-0.3, -0.25) is 14.2 Å². The molecule has 0 bridgehead atoms. The van der Waals surface area contributed by atoms with Crippen molar-refractivity contribution in [3.8, 4) is 0 Å². The van der Waals surface area contributed by atoms with Gasteiger partial charge in [0.25, 0.3) is 10.1 Å². The summed E-state index contributed by atoms with van der Waals surface area (Å²) in [6.45, 7) is 0.0784. The van der Waals surface area contributed by atoms with E-state index in [2.05, 4.69) is 0 Å². The third kappa shape index (κ3) is 5.99. The van der Waals surface area contributed by atoms with Crippen molar-refractivity contribution >= 4 is 10.1 Å². The molecule has 3 N–H and O–H groups in total. The van der Waals surface area contributed by atoms with Gasteiger partial charge in [-0.2, -0.15) is 8.42 Å². The average molecular weight is 245 g/mol. The molecule has 0 aliphatic heterocycles. The van der Waals surface area contributed by atoms with Crippen molar-refractivity contribution in [2.45, 2.75) is 12.3 Å². The van der Waals surface area contributed by atoms with E-state index in [-0.39, 0.29) is 26.4 Å². The monoisotopic (exact) mass is 245 g/mol. The molecule has 0 heterocycles. The van der Waals surface area contributed by atoms with Gasteiger partial charge in [0, 0.05) is 0 Å². The summed E-state index contributed by atoms with van der Waals surface area (Å²) in [6.07, 6.45) is 0. The second-order valence-electron chi connectivity index (χ2n) is 2.51. The van der Waals surface area contributed by atoms with E-state index in [1.54, 1.807) is 0 Å². The highest BCUT2D eigenvalue weighted by molar-refractivity contribution is 7.86. The van der Waals surface area contributed by atoms with Crippen LogP contribution in [0.3, 0.4) is 0 Å². The molecule has 0 aromatic heterocycles.